The van der Waals surface area contributed by atoms with E-state index in [1.54, 1.807) is 6.07 Å². The second kappa shape index (κ2) is 6.14. The molecule has 2 heterocycles. The Morgan fingerprint density at radius 3 is 2.91 bits per heavy atom. The number of likely N-dealkylation sites (tertiary alicyclic amines) is 1. The SMILES string of the molecule is Cc1cc(C[C@@H]2CN(Cc3cccc(F)c3F)C[C@@H]2O)on1. The van der Waals surface area contributed by atoms with Gasteiger partial charge >= 0.3 is 0 Å². The van der Waals surface area contributed by atoms with Gasteiger partial charge in [0, 0.05) is 43.6 Å². The van der Waals surface area contributed by atoms with E-state index >= 15 is 0 Å². The number of aliphatic hydroxyl groups excluding tert-OH is 1. The highest BCUT2D eigenvalue weighted by Crippen LogP contribution is 2.24. The van der Waals surface area contributed by atoms with Gasteiger partial charge in [0.05, 0.1) is 11.8 Å². The second-order valence-electron chi connectivity index (χ2n) is 5.87. The molecule has 0 aliphatic carbocycles. The van der Waals surface area contributed by atoms with Crippen LogP contribution in [-0.4, -0.2) is 34.4 Å². The fourth-order valence-corrected chi connectivity index (χ4v) is 2.95. The summed E-state index contributed by atoms with van der Waals surface area (Å²) < 4.78 is 32.1. The van der Waals surface area contributed by atoms with Crippen LogP contribution in [0.4, 0.5) is 8.78 Å². The molecular formula is C16H18F2N2O2. The van der Waals surface area contributed by atoms with Gasteiger partial charge in [-0.1, -0.05) is 17.3 Å². The first-order valence-corrected chi connectivity index (χ1v) is 7.28. The van der Waals surface area contributed by atoms with E-state index in [0.29, 0.717) is 25.1 Å². The van der Waals surface area contributed by atoms with Crippen molar-refractivity contribution in [2.24, 2.45) is 5.92 Å². The smallest absolute Gasteiger partial charge is 0.163 e. The highest BCUT2D eigenvalue weighted by molar-refractivity contribution is 5.19. The number of benzene rings is 1. The average Bonchev–Trinajstić information content (AvgIpc) is 3.02. The molecule has 0 radical (unpaired) electrons. The van der Waals surface area contributed by atoms with Gasteiger partial charge in [-0.05, 0) is 13.0 Å². The molecule has 2 atom stereocenters. The Bertz CT molecular complexity index is 659. The van der Waals surface area contributed by atoms with Gasteiger partial charge in [0.15, 0.2) is 11.6 Å². The van der Waals surface area contributed by atoms with Gasteiger partial charge in [0.2, 0.25) is 0 Å². The van der Waals surface area contributed by atoms with Crippen molar-refractivity contribution < 1.29 is 18.4 Å². The molecule has 1 aliphatic rings. The van der Waals surface area contributed by atoms with Gasteiger partial charge in [-0.25, -0.2) is 8.78 Å². The lowest BCUT2D eigenvalue weighted by atomic mass is 10.0. The van der Waals surface area contributed by atoms with Crippen molar-refractivity contribution in [3.63, 3.8) is 0 Å². The zero-order valence-electron chi connectivity index (χ0n) is 12.3. The van der Waals surface area contributed by atoms with Gasteiger partial charge in [-0.2, -0.15) is 0 Å². The molecular weight excluding hydrogens is 290 g/mol. The first-order chi connectivity index (χ1) is 10.5. The molecule has 0 saturated carbocycles. The van der Waals surface area contributed by atoms with Crippen LogP contribution in [0.3, 0.4) is 0 Å². The molecule has 0 amide bonds. The average molecular weight is 308 g/mol. The van der Waals surface area contributed by atoms with Gasteiger partial charge in [-0.15, -0.1) is 0 Å². The lowest BCUT2D eigenvalue weighted by Gasteiger charge is -2.15. The van der Waals surface area contributed by atoms with E-state index in [4.69, 9.17) is 4.52 Å². The molecule has 1 aromatic carbocycles. The highest BCUT2D eigenvalue weighted by Gasteiger charge is 2.32. The Kier molecular flexibility index (Phi) is 4.22. The zero-order chi connectivity index (χ0) is 15.7. The predicted molar refractivity (Wildman–Crippen MR) is 76.1 cm³/mol. The fraction of sp³-hybridized carbons (Fsp3) is 0.438. The number of β-amino-alcohol motifs (C(OH)–C–C–N with tert-alkyl or cyclic N) is 1. The van der Waals surface area contributed by atoms with Crippen molar-refractivity contribution in [2.45, 2.75) is 26.0 Å². The van der Waals surface area contributed by atoms with E-state index in [2.05, 4.69) is 5.16 Å². The number of aliphatic hydroxyl groups is 1. The summed E-state index contributed by atoms with van der Waals surface area (Å²) in [6.45, 7) is 3.17. The van der Waals surface area contributed by atoms with Gasteiger partial charge in [-0.3, -0.25) is 4.90 Å². The fourth-order valence-electron chi connectivity index (χ4n) is 2.95. The molecule has 4 nitrogen and oxygen atoms in total. The lowest BCUT2D eigenvalue weighted by Crippen LogP contribution is -2.22. The maximum atomic E-state index is 13.7. The number of aryl methyl sites for hydroxylation is 1. The Hall–Kier alpha value is -1.79. The Balaban J connectivity index is 1.64. The van der Waals surface area contributed by atoms with E-state index in [1.165, 1.54) is 6.07 Å². The minimum atomic E-state index is -0.842. The maximum Gasteiger partial charge on any atom is 0.163 e. The number of nitrogens with zero attached hydrogens (tertiary/aromatic N) is 2. The number of aromatic nitrogens is 1. The summed E-state index contributed by atoms with van der Waals surface area (Å²) in [5, 5.41) is 14.0. The van der Waals surface area contributed by atoms with Crippen molar-refractivity contribution in [3.05, 3.63) is 52.9 Å². The molecule has 0 bridgehead atoms. The first kappa shape index (κ1) is 15.1. The molecule has 0 spiro atoms. The van der Waals surface area contributed by atoms with Crippen molar-refractivity contribution in [1.82, 2.24) is 10.1 Å². The normalized spacial score (nSPS) is 22.4. The van der Waals surface area contributed by atoms with Crippen LogP contribution in [0.1, 0.15) is 17.0 Å². The second-order valence-corrected chi connectivity index (χ2v) is 5.87. The Morgan fingerprint density at radius 1 is 1.36 bits per heavy atom. The molecule has 118 valence electrons. The number of halogens is 2. The van der Waals surface area contributed by atoms with Crippen molar-refractivity contribution in [1.29, 1.82) is 0 Å². The summed E-state index contributed by atoms with van der Waals surface area (Å²) in [6.07, 6.45) is 0.0754. The molecule has 22 heavy (non-hydrogen) atoms. The van der Waals surface area contributed by atoms with Crippen LogP contribution in [0.25, 0.3) is 0 Å². The first-order valence-electron chi connectivity index (χ1n) is 7.28. The molecule has 3 rings (SSSR count). The largest absolute Gasteiger partial charge is 0.391 e. The third-order valence-electron chi connectivity index (χ3n) is 4.05. The van der Waals surface area contributed by atoms with E-state index in [-0.39, 0.29) is 12.5 Å². The Labute approximate surface area is 127 Å². The molecule has 1 N–H and O–H groups in total. The summed E-state index contributed by atoms with van der Waals surface area (Å²) >= 11 is 0. The van der Waals surface area contributed by atoms with Crippen LogP contribution < -0.4 is 0 Å². The monoisotopic (exact) mass is 308 g/mol. The molecule has 2 aromatic rings. The maximum absolute atomic E-state index is 13.7. The van der Waals surface area contributed by atoms with Crippen LogP contribution in [0.15, 0.2) is 28.8 Å². The summed E-state index contributed by atoms with van der Waals surface area (Å²) in [7, 11) is 0. The van der Waals surface area contributed by atoms with Gasteiger partial charge in [0.25, 0.3) is 0 Å². The molecule has 1 aromatic heterocycles. The van der Waals surface area contributed by atoms with Gasteiger partial charge < -0.3 is 9.63 Å². The van der Waals surface area contributed by atoms with E-state index in [0.717, 1.165) is 17.5 Å². The summed E-state index contributed by atoms with van der Waals surface area (Å²) in [6, 6.07) is 6.02. The quantitative estimate of drug-likeness (QED) is 0.941. The standard InChI is InChI=1S/C16H18F2N2O2/c1-10-5-13(22-19-10)6-12-8-20(9-15(12)21)7-11-3-2-4-14(17)16(11)18/h2-5,12,15,21H,6-9H2,1H3/t12-,15+/m1/s1. The molecule has 1 saturated heterocycles. The molecule has 1 aliphatic heterocycles. The van der Waals surface area contributed by atoms with E-state index in [9.17, 15) is 13.9 Å². The third-order valence-corrected chi connectivity index (χ3v) is 4.05. The van der Waals surface area contributed by atoms with E-state index in [1.807, 2.05) is 17.9 Å². The van der Waals surface area contributed by atoms with Crippen molar-refractivity contribution in [3.8, 4) is 0 Å². The Morgan fingerprint density at radius 2 is 2.18 bits per heavy atom. The summed E-state index contributed by atoms with van der Waals surface area (Å²) in [5.41, 5.74) is 1.12. The number of hydrogen-bond donors (Lipinski definition) is 1. The topological polar surface area (TPSA) is 49.5 Å². The van der Waals surface area contributed by atoms with Crippen molar-refractivity contribution in [2.75, 3.05) is 13.1 Å². The number of hydrogen-bond acceptors (Lipinski definition) is 4. The summed E-state index contributed by atoms with van der Waals surface area (Å²) in [4.78, 5) is 1.93. The van der Waals surface area contributed by atoms with E-state index < -0.39 is 17.7 Å². The van der Waals surface area contributed by atoms with Crippen LogP contribution in [0.2, 0.25) is 0 Å². The third kappa shape index (κ3) is 3.18. The predicted octanol–water partition coefficient (Wildman–Crippen LogP) is 2.30. The highest BCUT2D eigenvalue weighted by atomic mass is 19.2. The molecule has 6 heteroatoms. The van der Waals surface area contributed by atoms with Gasteiger partial charge in [0.1, 0.15) is 5.76 Å². The summed E-state index contributed by atoms with van der Waals surface area (Å²) in [5.74, 6) is -0.915. The molecule has 1 fully saturated rings. The molecule has 0 unspecified atom stereocenters. The van der Waals surface area contributed by atoms with Crippen LogP contribution in [0, 0.1) is 24.5 Å². The number of rotatable bonds is 4. The van der Waals surface area contributed by atoms with Crippen LogP contribution in [0.5, 0.6) is 0 Å². The van der Waals surface area contributed by atoms with Crippen LogP contribution >= 0.6 is 0 Å². The van der Waals surface area contributed by atoms with Crippen LogP contribution in [-0.2, 0) is 13.0 Å². The minimum Gasteiger partial charge on any atom is -0.391 e. The zero-order valence-corrected chi connectivity index (χ0v) is 12.3. The lowest BCUT2D eigenvalue weighted by molar-refractivity contribution is 0.137. The van der Waals surface area contributed by atoms with Crippen molar-refractivity contribution >= 4 is 0 Å². The minimum absolute atomic E-state index is 0.00368.